The van der Waals surface area contributed by atoms with Gasteiger partial charge in [-0.2, -0.15) is 0 Å². The van der Waals surface area contributed by atoms with E-state index < -0.39 is 0 Å². The van der Waals surface area contributed by atoms with Crippen LogP contribution >= 0.6 is 12.2 Å². The van der Waals surface area contributed by atoms with Gasteiger partial charge in [-0.3, -0.25) is 4.90 Å². The van der Waals surface area contributed by atoms with Gasteiger partial charge in [-0.1, -0.05) is 0 Å². The van der Waals surface area contributed by atoms with Crippen LogP contribution in [0.5, 0.6) is 5.75 Å². The Morgan fingerprint density at radius 1 is 1.03 bits per heavy atom. The van der Waals surface area contributed by atoms with E-state index in [4.69, 9.17) is 21.4 Å². The maximum absolute atomic E-state index is 13.1. The van der Waals surface area contributed by atoms with Crippen LogP contribution in [0.1, 0.15) is 6.92 Å². The first-order valence-electron chi connectivity index (χ1n) is 9.66. The molecule has 0 radical (unpaired) electrons. The lowest BCUT2D eigenvalue weighted by atomic mass is 10.2. The third-order valence-electron chi connectivity index (χ3n) is 4.92. The second-order valence-corrected chi connectivity index (χ2v) is 7.20. The molecule has 2 heterocycles. The topological polar surface area (TPSA) is 46.7 Å². The zero-order chi connectivity index (χ0) is 20.2. The molecule has 6 nitrogen and oxygen atoms in total. The Balaban J connectivity index is 1.38. The number of rotatable bonds is 6. The molecule has 4 rings (SSSR count). The molecule has 0 bridgehead atoms. The summed E-state index contributed by atoms with van der Waals surface area (Å²) < 4.78 is 26.0. The van der Waals surface area contributed by atoms with Gasteiger partial charge in [-0.25, -0.2) is 9.07 Å². The van der Waals surface area contributed by atoms with E-state index in [1.54, 1.807) is 4.68 Å². The van der Waals surface area contributed by atoms with Crippen LogP contribution in [-0.2, 0) is 6.67 Å². The van der Waals surface area contributed by atoms with Crippen molar-refractivity contribution in [2.75, 3.05) is 37.7 Å². The Bertz CT molecular complexity index is 993. The highest BCUT2D eigenvalue weighted by Gasteiger charge is 2.19. The van der Waals surface area contributed by atoms with Gasteiger partial charge in [0.15, 0.2) is 0 Å². The van der Waals surface area contributed by atoms with Gasteiger partial charge in [0.2, 0.25) is 5.89 Å². The van der Waals surface area contributed by atoms with Crippen LogP contribution < -0.4 is 9.64 Å². The molecule has 0 unspecified atom stereocenters. The molecule has 0 saturated carbocycles. The molecule has 2 aromatic carbocycles. The Labute approximate surface area is 174 Å². The van der Waals surface area contributed by atoms with E-state index in [2.05, 4.69) is 14.9 Å². The maximum atomic E-state index is 13.1. The van der Waals surface area contributed by atoms with Gasteiger partial charge in [-0.15, -0.1) is 5.10 Å². The predicted octanol–water partition coefficient (Wildman–Crippen LogP) is 4.19. The van der Waals surface area contributed by atoms with Gasteiger partial charge < -0.3 is 14.1 Å². The number of hydrogen-bond acceptors (Lipinski definition) is 6. The van der Waals surface area contributed by atoms with Crippen molar-refractivity contribution in [1.82, 2.24) is 14.7 Å². The predicted molar refractivity (Wildman–Crippen MR) is 112 cm³/mol. The molecular formula is C21H23FN4O2S. The zero-order valence-corrected chi connectivity index (χ0v) is 17.1. The Morgan fingerprint density at radius 3 is 2.38 bits per heavy atom. The number of hydrogen-bond donors (Lipinski definition) is 0. The molecule has 29 heavy (non-hydrogen) atoms. The molecule has 8 heteroatoms. The smallest absolute Gasteiger partial charge is 0.288 e. The van der Waals surface area contributed by atoms with Gasteiger partial charge in [0.05, 0.1) is 13.3 Å². The molecule has 0 aliphatic carbocycles. The van der Waals surface area contributed by atoms with Crippen LogP contribution in [0.2, 0.25) is 0 Å². The number of aromatic nitrogens is 2. The van der Waals surface area contributed by atoms with Gasteiger partial charge in [-0.05, 0) is 67.7 Å². The van der Waals surface area contributed by atoms with Crippen molar-refractivity contribution in [3.05, 3.63) is 59.2 Å². The van der Waals surface area contributed by atoms with Crippen molar-refractivity contribution < 1.29 is 13.5 Å². The standard InChI is InChI=1S/C21H23FN4O2S/c1-2-27-19-9-3-16(4-10-19)20-23-26(21(29)28-20)15-24-11-13-25(14-12-24)18-7-5-17(22)6-8-18/h3-10H,2,11-15H2,1H3. The highest BCUT2D eigenvalue weighted by molar-refractivity contribution is 7.71. The van der Waals surface area contributed by atoms with Crippen LogP contribution in [0.4, 0.5) is 10.1 Å². The minimum Gasteiger partial charge on any atom is -0.494 e. The summed E-state index contributed by atoms with van der Waals surface area (Å²) in [6.07, 6.45) is 0. The molecule has 0 amide bonds. The summed E-state index contributed by atoms with van der Waals surface area (Å²) in [7, 11) is 0. The Kier molecular flexibility index (Phi) is 5.92. The van der Waals surface area contributed by atoms with Crippen LogP contribution in [0.25, 0.3) is 11.5 Å². The Morgan fingerprint density at radius 2 is 1.72 bits per heavy atom. The summed E-state index contributed by atoms with van der Waals surface area (Å²) in [5, 5.41) is 4.54. The molecule has 1 saturated heterocycles. The minimum atomic E-state index is -0.212. The molecule has 1 aliphatic heterocycles. The summed E-state index contributed by atoms with van der Waals surface area (Å²) in [6.45, 7) is 6.62. The van der Waals surface area contributed by atoms with E-state index in [0.29, 0.717) is 24.0 Å². The van der Waals surface area contributed by atoms with Gasteiger partial charge in [0.25, 0.3) is 4.84 Å². The molecule has 1 aromatic heterocycles. The summed E-state index contributed by atoms with van der Waals surface area (Å²) in [6, 6.07) is 14.3. The van der Waals surface area contributed by atoms with Crippen LogP contribution in [0.3, 0.4) is 0 Å². The highest BCUT2D eigenvalue weighted by atomic mass is 32.1. The lowest BCUT2D eigenvalue weighted by Crippen LogP contribution is -2.46. The zero-order valence-electron chi connectivity index (χ0n) is 16.3. The first-order chi connectivity index (χ1) is 14.1. The largest absolute Gasteiger partial charge is 0.494 e. The Hall–Kier alpha value is -2.71. The number of ether oxygens (including phenoxy) is 1. The second-order valence-electron chi connectivity index (χ2n) is 6.85. The second kappa shape index (κ2) is 8.75. The van der Waals surface area contributed by atoms with Crippen LogP contribution in [0, 0.1) is 10.7 Å². The number of piperazine rings is 1. The van der Waals surface area contributed by atoms with Crippen LogP contribution in [-0.4, -0.2) is 47.5 Å². The summed E-state index contributed by atoms with van der Waals surface area (Å²) in [5.41, 5.74) is 1.90. The van der Waals surface area contributed by atoms with Crippen LogP contribution in [0.15, 0.2) is 52.9 Å². The molecule has 0 N–H and O–H groups in total. The summed E-state index contributed by atoms with van der Waals surface area (Å²) in [5.74, 6) is 1.10. The fourth-order valence-corrected chi connectivity index (χ4v) is 3.54. The van der Waals surface area contributed by atoms with Gasteiger partial charge in [0.1, 0.15) is 11.6 Å². The molecule has 0 spiro atoms. The van der Waals surface area contributed by atoms with E-state index in [1.165, 1.54) is 12.1 Å². The normalized spacial score (nSPS) is 14.9. The first kappa shape index (κ1) is 19.6. The lowest BCUT2D eigenvalue weighted by Gasteiger charge is -2.35. The highest BCUT2D eigenvalue weighted by Crippen LogP contribution is 2.22. The maximum Gasteiger partial charge on any atom is 0.288 e. The van der Waals surface area contributed by atoms with Gasteiger partial charge >= 0.3 is 0 Å². The monoisotopic (exact) mass is 414 g/mol. The molecule has 152 valence electrons. The van der Waals surface area contributed by atoms with Crippen molar-refractivity contribution in [1.29, 1.82) is 0 Å². The van der Waals surface area contributed by atoms with E-state index in [0.717, 1.165) is 43.2 Å². The minimum absolute atomic E-state index is 0.212. The van der Waals surface area contributed by atoms with E-state index in [1.807, 2.05) is 43.3 Å². The van der Waals surface area contributed by atoms with Crippen molar-refractivity contribution in [2.45, 2.75) is 13.6 Å². The van der Waals surface area contributed by atoms with Crippen molar-refractivity contribution in [3.8, 4) is 17.2 Å². The SMILES string of the molecule is CCOc1ccc(-c2nn(CN3CCN(c4ccc(F)cc4)CC3)c(=S)o2)cc1. The van der Waals surface area contributed by atoms with E-state index >= 15 is 0 Å². The molecule has 1 aliphatic rings. The van der Waals surface area contributed by atoms with Crippen molar-refractivity contribution in [2.24, 2.45) is 0 Å². The first-order valence-corrected chi connectivity index (χ1v) is 10.1. The fraction of sp³-hybridized carbons (Fsp3) is 0.333. The number of benzene rings is 2. The quantitative estimate of drug-likeness (QED) is 0.564. The third kappa shape index (κ3) is 4.65. The molecule has 1 fully saturated rings. The average Bonchev–Trinajstić information content (AvgIpc) is 3.10. The van der Waals surface area contributed by atoms with E-state index in [9.17, 15) is 4.39 Å². The summed E-state index contributed by atoms with van der Waals surface area (Å²) >= 11 is 5.36. The molecule has 3 aromatic rings. The fourth-order valence-electron chi connectivity index (χ4n) is 3.36. The van der Waals surface area contributed by atoms with E-state index in [-0.39, 0.29) is 5.82 Å². The number of anilines is 1. The van der Waals surface area contributed by atoms with Crippen molar-refractivity contribution >= 4 is 17.9 Å². The molecular weight excluding hydrogens is 391 g/mol. The van der Waals surface area contributed by atoms with Gasteiger partial charge in [0, 0.05) is 37.4 Å². The number of nitrogens with zero attached hydrogens (tertiary/aromatic N) is 4. The van der Waals surface area contributed by atoms with Crippen molar-refractivity contribution in [3.63, 3.8) is 0 Å². The third-order valence-corrected chi connectivity index (χ3v) is 5.21. The molecule has 0 atom stereocenters. The lowest BCUT2D eigenvalue weighted by molar-refractivity contribution is 0.192. The number of halogens is 1. The summed E-state index contributed by atoms with van der Waals surface area (Å²) in [4.78, 5) is 4.89. The average molecular weight is 415 g/mol.